The summed E-state index contributed by atoms with van der Waals surface area (Å²) in [5.41, 5.74) is 4.61. The smallest absolute Gasteiger partial charge is 0.243 e. The Bertz CT molecular complexity index is 1170. The Kier molecular flexibility index (Phi) is 6.75. The normalized spacial score (nSPS) is 10.4. The first kappa shape index (κ1) is 21.8. The lowest BCUT2D eigenvalue weighted by Crippen LogP contribution is -2.23. The van der Waals surface area contributed by atoms with E-state index in [0.717, 1.165) is 28.2 Å². The molecule has 0 aliphatic carbocycles. The second-order valence-corrected chi connectivity index (χ2v) is 7.51. The molecule has 1 aromatic heterocycles. The van der Waals surface area contributed by atoms with Crippen molar-refractivity contribution in [1.29, 1.82) is 0 Å². The van der Waals surface area contributed by atoms with E-state index in [9.17, 15) is 4.79 Å². The molecular weight excluding hydrogens is 414 g/mol. The maximum Gasteiger partial charge on any atom is 0.243 e. The van der Waals surface area contributed by atoms with Crippen molar-refractivity contribution in [3.63, 3.8) is 0 Å². The van der Waals surface area contributed by atoms with Gasteiger partial charge in [0.2, 0.25) is 23.8 Å². The molecule has 0 fully saturated rings. The molecule has 8 heteroatoms. The second kappa shape index (κ2) is 10.2. The van der Waals surface area contributed by atoms with Gasteiger partial charge in [-0.05, 0) is 49.7 Å². The van der Waals surface area contributed by atoms with Crippen LogP contribution < -0.4 is 21.3 Å². The van der Waals surface area contributed by atoms with Crippen LogP contribution in [0.1, 0.15) is 11.1 Å². The molecule has 0 aliphatic rings. The standard InChI is InChI=1S/C25H25N7O/c1-17-13-14-21(18(2)15-17)29-22(33)16-26-23-30-24(27-19-9-5-3-6-10-19)32-25(31-23)28-20-11-7-4-8-12-20/h3-15H,16H2,1-2H3,(H,29,33)(H3,26,27,28,30,31,32). The molecule has 33 heavy (non-hydrogen) atoms. The first-order valence-corrected chi connectivity index (χ1v) is 10.6. The van der Waals surface area contributed by atoms with Crippen LogP contribution in [-0.4, -0.2) is 27.4 Å². The van der Waals surface area contributed by atoms with E-state index in [-0.39, 0.29) is 18.4 Å². The molecule has 0 saturated heterocycles. The number of aryl methyl sites for hydroxylation is 2. The number of rotatable bonds is 8. The van der Waals surface area contributed by atoms with E-state index >= 15 is 0 Å². The summed E-state index contributed by atoms with van der Waals surface area (Å²) in [6, 6.07) is 25.1. The zero-order valence-electron chi connectivity index (χ0n) is 18.5. The number of aromatic nitrogens is 3. The Morgan fingerprint density at radius 3 is 1.82 bits per heavy atom. The van der Waals surface area contributed by atoms with Crippen LogP contribution in [0, 0.1) is 13.8 Å². The van der Waals surface area contributed by atoms with E-state index in [1.165, 1.54) is 0 Å². The molecule has 166 valence electrons. The van der Waals surface area contributed by atoms with E-state index in [1.54, 1.807) is 0 Å². The molecule has 0 radical (unpaired) electrons. The van der Waals surface area contributed by atoms with E-state index in [2.05, 4.69) is 36.2 Å². The van der Waals surface area contributed by atoms with Crippen molar-refractivity contribution in [2.24, 2.45) is 0 Å². The lowest BCUT2D eigenvalue weighted by atomic mass is 10.1. The van der Waals surface area contributed by atoms with Gasteiger partial charge >= 0.3 is 0 Å². The van der Waals surface area contributed by atoms with Gasteiger partial charge < -0.3 is 21.3 Å². The van der Waals surface area contributed by atoms with Crippen LogP contribution in [0.25, 0.3) is 0 Å². The van der Waals surface area contributed by atoms with Gasteiger partial charge in [0.1, 0.15) is 0 Å². The van der Waals surface area contributed by atoms with Gasteiger partial charge in [-0.2, -0.15) is 15.0 Å². The highest BCUT2D eigenvalue weighted by atomic mass is 16.1. The molecule has 1 amide bonds. The molecular formula is C25H25N7O. The average molecular weight is 440 g/mol. The number of benzene rings is 3. The molecule has 4 rings (SSSR count). The topological polar surface area (TPSA) is 104 Å². The van der Waals surface area contributed by atoms with Crippen molar-refractivity contribution in [3.05, 3.63) is 90.0 Å². The van der Waals surface area contributed by atoms with Gasteiger partial charge in [0.05, 0.1) is 6.54 Å². The van der Waals surface area contributed by atoms with Crippen molar-refractivity contribution in [2.75, 3.05) is 27.8 Å². The molecule has 0 spiro atoms. The summed E-state index contributed by atoms with van der Waals surface area (Å²) < 4.78 is 0. The zero-order chi connectivity index (χ0) is 23.0. The van der Waals surface area contributed by atoms with Gasteiger partial charge in [0, 0.05) is 17.1 Å². The third-order valence-electron chi connectivity index (χ3n) is 4.76. The molecule has 0 bridgehead atoms. The predicted octanol–water partition coefficient (Wildman–Crippen LogP) is 5.03. The number of amides is 1. The van der Waals surface area contributed by atoms with Crippen molar-refractivity contribution in [1.82, 2.24) is 15.0 Å². The Morgan fingerprint density at radius 2 is 1.27 bits per heavy atom. The van der Waals surface area contributed by atoms with Crippen LogP contribution in [0.3, 0.4) is 0 Å². The number of carbonyl (C=O) groups is 1. The van der Waals surface area contributed by atoms with E-state index in [0.29, 0.717) is 11.9 Å². The zero-order valence-corrected chi connectivity index (χ0v) is 18.5. The van der Waals surface area contributed by atoms with E-state index < -0.39 is 0 Å². The number of nitrogens with zero attached hydrogens (tertiary/aromatic N) is 3. The van der Waals surface area contributed by atoms with Gasteiger partial charge in [-0.1, -0.05) is 54.1 Å². The van der Waals surface area contributed by atoms with Crippen LogP contribution in [-0.2, 0) is 4.79 Å². The summed E-state index contributed by atoms with van der Waals surface area (Å²) in [6.45, 7) is 3.99. The van der Waals surface area contributed by atoms with Crippen molar-refractivity contribution >= 4 is 40.8 Å². The number of para-hydroxylation sites is 2. The number of carbonyl (C=O) groups excluding carboxylic acids is 1. The summed E-state index contributed by atoms with van der Waals surface area (Å²) in [5, 5.41) is 12.2. The first-order chi connectivity index (χ1) is 16.0. The molecule has 0 unspecified atom stereocenters. The summed E-state index contributed by atoms with van der Waals surface area (Å²) in [7, 11) is 0. The summed E-state index contributed by atoms with van der Waals surface area (Å²) >= 11 is 0. The first-order valence-electron chi connectivity index (χ1n) is 10.6. The number of hydrogen-bond acceptors (Lipinski definition) is 7. The van der Waals surface area contributed by atoms with E-state index in [4.69, 9.17) is 0 Å². The molecule has 4 aromatic rings. The van der Waals surface area contributed by atoms with Crippen molar-refractivity contribution in [3.8, 4) is 0 Å². The van der Waals surface area contributed by atoms with E-state index in [1.807, 2.05) is 92.7 Å². The average Bonchev–Trinajstić information content (AvgIpc) is 2.81. The largest absolute Gasteiger partial charge is 0.345 e. The minimum absolute atomic E-state index is 0.00683. The molecule has 4 N–H and O–H groups in total. The lowest BCUT2D eigenvalue weighted by Gasteiger charge is -2.12. The SMILES string of the molecule is Cc1ccc(NC(=O)CNc2nc(Nc3ccccc3)nc(Nc3ccccc3)n2)c(C)c1. The Labute approximate surface area is 192 Å². The van der Waals surface area contributed by atoms with Crippen molar-refractivity contribution < 1.29 is 4.79 Å². The van der Waals surface area contributed by atoms with Crippen LogP contribution in [0.2, 0.25) is 0 Å². The Hall–Kier alpha value is -4.46. The van der Waals surface area contributed by atoms with Gasteiger partial charge in [0.25, 0.3) is 0 Å². The quantitative estimate of drug-likeness (QED) is 0.305. The molecule has 8 nitrogen and oxygen atoms in total. The third kappa shape index (κ3) is 6.27. The Balaban J connectivity index is 1.49. The molecule has 3 aromatic carbocycles. The molecule has 0 saturated carbocycles. The number of hydrogen-bond donors (Lipinski definition) is 4. The number of anilines is 6. The highest BCUT2D eigenvalue weighted by Crippen LogP contribution is 2.19. The third-order valence-corrected chi connectivity index (χ3v) is 4.76. The summed E-state index contributed by atoms with van der Waals surface area (Å²) in [6.07, 6.45) is 0. The second-order valence-electron chi connectivity index (χ2n) is 7.51. The van der Waals surface area contributed by atoms with Crippen LogP contribution in [0.15, 0.2) is 78.9 Å². The van der Waals surface area contributed by atoms with Crippen LogP contribution in [0.5, 0.6) is 0 Å². The fourth-order valence-electron chi connectivity index (χ4n) is 3.18. The fraction of sp³-hybridized carbons (Fsp3) is 0.120. The van der Waals surface area contributed by atoms with Gasteiger partial charge in [-0.3, -0.25) is 4.79 Å². The predicted molar refractivity (Wildman–Crippen MR) is 132 cm³/mol. The van der Waals surface area contributed by atoms with Gasteiger partial charge in [-0.25, -0.2) is 0 Å². The monoisotopic (exact) mass is 439 g/mol. The van der Waals surface area contributed by atoms with Crippen molar-refractivity contribution in [2.45, 2.75) is 13.8 Å². The van der Waals surface area contributed by atoms with Crippen LogP contribution in [0.4, 0.5) is 34.9 Å². The molecule has 1 heterocycles. The maximum absolute atomic E-state index is 12.5. The Morgan fingerprint density at radius 1 is 0.727 bits per heavy atom. The summed E-state index contributed by atoms with van der Waals surface area (Å²) in [4.78, 5) is 25.8. The molecule has 0 atom stereocenters. The molecule has 0 aliphatic heterocycles. The summed E-state index contributed by atoms with van der Waals surface area (Å²) in [5.74, 6) is 0.786. The maximum atomic E-state index is 12.5. The van der Waals surface area contributed by atoms with Gasteiger partial charge in [0.15, 0.2) is 0 Å². The lowest BCUT2D eigenvalue weighted by molar-refractivity contribution is -0.114. The van der Waals surface area contributed by atoms with Crippen LogP contribution >= 0.6 is 0 Å². The minimum atomic E-state index is -0.197. The highest BCUT2D eigenvalue weighted by Gasteiger charge is 2.10. The minimum Gasteiger partial charge on any atom is -0.345 e. The highest BCUT2D eigenvalue weighted by molar-refractivity contribution is 5.94. The number of nitrogens with one attached hydrogen (secondary N) is 4. The fourth-order valence-corrected chi connectivity index (χ4v) is 3.18. The van der Waals surface area contributed by atoms with Gasteiger partial charge in [-0.15, -0.1) is 0 Å².